The Bertz CT molecular complexity index is 680. The van der Waals surface area contributed by atoms with Crippen molar-refractivity contribution in [2.24, 2.45) is 0 Å². The summed E-state index contributed by atoms with van der Waals surface area (Å²) in [5.74, 6) is 0. The van der Waals surface area contributed by atoms with Gasteiger partial charge in [-0.1, -0.05) is 24.4 Å². The molecule has 0 aliphatic heterocycles. The third kappa shape index (κ3) is 2.30. The van der Waals surface area contributed by atoms with Gasteiger partial charge in [0.15, 0.2) is 4.77 Å². The van der Waals surface area contributed by atoms with Crippen molar-refractivity contribution in [3.63, 3.8) is 0 Å². The maximum atomic E-state index is 6.14. The molecule has 1 heterocycles. The Balaban J connectivity index is 2.08. The molecule has 3 rings (SSSR count). The molecule has 1 N–H and O–H groups in total. The lowest BCUT2D eigenvalue weighted by Crippen LogP contribution is -2.45. The average molecular weight is 310 g/mol. The quantitative estimate of drug-likeness (QED) is 0.858. The molecule has 0 saturated heterocycles. The Morgan fingerprint density at radius 2 is 2.05 bits per heavy atom. The van der Waals surface area contributed by atoms with Crippen LogP contribution in [0.1, 0.15) is 25.7 Å². The number of nitrogens with one attached hydrogen (secondary N) is 1. The van der Waals surface area contributed by atoms with E-state index < -0.39 is 0 Å². The van der Waals surface area contributed by atoms with Crippen LogP contribution < -0.4 is 0 Å². The summed E-state index contributed by atoms with van der Waals surface area (Å²) in [6, 6.07) is 5.90. The second-order valence-corrected chi connectivity index (χ2v) is 6.83. The number of rotatable bonds is 3. The average Bonchev–Trinajstić information content (AvgIpc) is 2.98. The lowest BCUT2D eigenvalue weighted by molar-refractivity contribution is 0.135. The van der Waals surface area contributed by atoms with Gasteiger partial charge in [-0.05, 0) is 57.4 Å². The molecule has 0 bridgehead atoms. The zero-order valence-electron chi connectivity index (χ0n) is 11.9. The molecule has 1 aromatic carbocycles. The Morgan fingerprint density at radius 3 is 2.70 bits per heavy atom. The number of aromatic nitrogens is 2. The van der Waals surface area contributed by atoms with Crippen molar-refractivity contribution < 1.29 is 0 Å². The van der Waals surface area contributed by atoms with Crippen molar-refractivity contribution >= 4 is 34.9 Å². The topological polar surface area (TPSA) is 24.0 Å². The van der Waals surface area contributed by atoms with E-state index in [1.54, 1.807) is 0 Å². The Kier molecular flexibility index (Phi) is 3.65. The predicted octanol–water partition coefficient (Wildman–Crippen LogP) is 4.23. The van der Waals surface area contributed by atoms with E-state index in [0.717, 1.165) is 27.4 Å². The second kappa shape index (κ2) is 5.17. The minimum Gasteiger partial charge on any atom is -0.331 e. The second-order valence-electron chi connectivity index (χ2n) is 6.00. The highest BCUT2D eigenvalue weighted by Crippen LogP contribution is 2.36. The van der Waals surface area contributed by atoms with Crippen molar-refractivity contribution in [3.05, 3.63) is 28.0 Å². The lowest BCUT2D eigenvalue weighted by atomic mass is 9.96. The van der Waals surface area contributed by atoms with Crippen molar-refractivity contribution in [2.75, 3.05) is 14.1 Å². The van der Waals surface area contributed by atoms with Crippen LogP contribution in [-0.4, -0.2) is 34.1 Å². The molecule has 1 aromatic heterocycles. The summed E-state index contributed by atoms with van der Waals surface area (Å²) in [5, 5.41) is 0.755. The fourth-order valence-corrected chi connectivity index (χ4v) is 3.80. The first-order valence-corrected chi connectivity index (χ1v) is 7.86. The summed E-state index contributed by atoms with van der Waals surface area (Å²) in [6.45, 7) is 0.930. The summed E-state index contributed by atoms with van der Waals surface area (Å²) in [6.07, 6.45) is 5.06. The van der Waals surface area contributed by atoms with Crippen LogP contribution in [0.4, 0.5) is 0 Å². The van der Waals surface area contributed by atoms with E-state index in [-0.39, 0.29) is 5.54 Å². The summed E-state index contributed by atoms with van der Waals surface area (Å²) < 4.78 is 3.00. The van der Waals surface area contributed by atoms with Crippen LogP contribution >= 0.6 is 23.8 Å². The summed E-state index contributed by atoms with van der Waals surface area (Å²) in [7, 11) is 4.35. The number of benzene rings is 1. The SMILES string of the molecule is CN(C)C1(Cn2c(=S)[nH]c3ccc(Cl)cc32)CCCC1. The van der Waals surface area contributed by atoms with Crippen LogP contribution in [0.5, 0.6) is 0 Å². The van der Waals surface area contributed by atoms with Gasteiger partial charge in [-0.25, -0.2) is 0 Å². The molecular formula is C15H20ClN3S. The highest BCUT2D eigenvalue weighted by Gasteiger charge is 2.36. The van der Waals surface area contributed by atoms with Crippen molar-refractivity contribution in [2.45, 2.75) is 37.8 Å². The molecule has 1 fully saturated rings. The Hall–Kier alpha value is -0.840. The number of nitrogens with zero attached hydrogens (tertiary/aromatic N) is 2. The minimum absolute atomic E-state index is 0.218. The van der Waals surface area contributed by atoms with Crippen LogP contribution in [-0.2, 0) is 6.54 Å². The molecule has 0 amide bonds. The number of halogens is 1. The first kappa shape index (κ1) is 14.1. The van der Waals surface area contributed by atoms with Gasteiger partial charge in [0, 0.05) is 17.1 Å². The van der Waals surface area contributed by atoms with Gasteiger partial charge in [-0.2, -0.15) is 0 Å². The lowest BCUT2D eigenvalue weighted by Gasteiger charge is -2.36. The molecule has 1 aliphatic carbocycles. The summed E-state index contributed by atoms with van der Waals surface area (Å²) in [4.78, 5) is 5.65. The van der Waals surface area contributed by atoms with E-state index in [1.165, 1.54) is 25.7 Å². The monoisotopic (exact) mass is 309 g/mol. The predicted molar refractivity (Wildman–Crippen MR) is 87.0 cm³/mol. The molecule has 0 spiro atoms. The van der Waals surface area contributed by atoms with Gasteiger partial charge in [0.25, 0.3) is 0 Å². The number of fused-ring (bicyclic) bond motifs is 1. The van der Waals surface area contributed by atoms with Gasteiger partial charge in [0.2, 0.25) is 0 Å². The van der Waals surface area contributed by atoms with E-state index in [1.807, 2.05) is 18.2 Å². The van der Waals surface area contributed by atoms with E-state index in [9.17, 15) is 0 Å². The highest BCUT2D eigenvalue weighted by atomic mass is 35.5. The maximum absolute atomic E-state index is 6.14. The van der Waals surface area contributed by atoms with Gasteiger partial charge < -0.3 is 14.5 Å². The molecule has 0 unspecified atom stereocenters. The fraction of sp³-hybridized carbons (Fsp3) is 0.533. The van der Waals surface area contributed by atoms with Crippen LogP contribution in [0.25, 0.3) is 11.0 Å². The van der Waals surface area contributed by atoms with Gasteiger partial charge >= 0.3 is 0 Å². The third-order valence-corrected chi connectivity index (χ3v) is 5.23. The molecule has 1 aliphatic rings. The van der Waals surface area contributed by atoms with Crippen LogP contribution in [0.2, 0.25) is 5.02 Å². The normalized spacial score (nSPS) is 18.2. The Morgan fingerprint density at radius 1 is 1.35 bits per heavy atom. The van der Waals surface area contributed by atoms with E-state index in [2.05, 4.69) is 28.5 Å². The molecule has 0 atom stereocenters. The van der Waals surface area contributed by atoms with Gasteiger partial charge in [0.1, 0.15) is 0 Å². The number of aromatic amines is 1. The molecule has 0 radical (unpaired) electrons. The molecule has 1 saturated carbocycles. The fourth-order valence-electron chi connectivity index (χ4n) is 3.36. The number of hydrogen-bond acceptors (Lipinski definition) is 2. The molecule has 20 heavy (non-hydrogen) atoms. The number of hydrogen-bond donors (Lipinski definition) is 1. The summed E-state index contributed by atoms with van der Waals surface area (Å²) in [5.41, 5.74) is 2.39. The largest absolute Gasteiger partial charge is 0.331 e. The molecular weight excluding hydrogens is 290 g/mol. The Labute approximate surface area is 129 Å². The van der Waals surface area contributed by atoms with Crippen LogP contribution in [0, 0.1) is 4.77 Å². The number of likely N-dealkylation sites (N-methyl/N-ethyl adjacent to an activating group) is 1. The minimum atomic E-state index is 0.218. The summed E-state index contributed by atoms with van der Waals surface area (Å²) >= 11 is 11.7. The smallest absolute Gasteiger partial charge is 0.178 e. The first-order chi connectivity index (χ1) is 9.52. The van der Waals surface area contributed by atoms with Crippen LogP contribution in [0.15, 0.2) is 18.2 Å². The van der Waals surface area contributed by atoms with Crippen molar-refractivity contribution in [3.8, 4) is 0 Å². The van der Waals surface area contributed by atoms with Gasteiger partial charge in [0.05, 0.1) is 11.0 Å². The van der Waals surface area contributed by atoms with Crippen molar-refractivity contribution in [1.82, 2.24) is 14.5 Å². The number of H-pyrrole nitrogens is 1. The van der Waals surface area contributed by atoms with Crippen molar-refractivity contribution in [1.29, 1.82) is 0 Å². The molecule has 3 nitrogen and oxygen atoms in total. The third-order valence-electron chi connectivity index (χ3n) is 4.67. The molecule has 2 aromatic rings. The molecule has 5 heteroatoms. The van der Waals surface area contributed by atoms with Gasteiger partial charge in [-0.15, -0.1) is 0 Å². The molecule has 108 valence electrons. The van der Waals surface area contributed by atoms with E-state index in [4.69, 9.17) is 23.8 Å². The number of imidazole rings is 1. The van der Waals surface area contributed by atoms with Gasteiger partial charge in [-0.3, -0.25) is 0 Å². The van der Waals surface area contributed by atoms with E-state index >= 15 is 0 Å². The zero-order chi connectivity index (χ0) is 14.3. The standard InChI is InChI=1S/C15H20ClN3S/c1-18(2)15(7-3-4-8-15)10-19-13-9-11(16)5-6-12(13)17-14(19)20/h5-6,9H,3-4,7-8,10H2,1-2H3,(H,17,20). The zero-order valence-corrected chi connectivity index (χ0v) is 13.5. The van der Waals surface area contributed by atoms with Crippen LogP contribution in [0.3, 0.4) is 0 Å². The highest BCUT2D eigenvalue weighted by molar-refractivity contribution is 7.71. The maximum Gasteiger partial charge on any atom is 0.178 e. The first-order valence-electron chi connectivity index (χ1n) is 7.07. The van der Waals surface area contributed by atoms with E-state index in [0.29, 0.717) is 0 Å².